The van der Waals surface area contributed by atoms with Crippen LogP contribution in [0, 0.1) is 5.92 Å². The van der Waals surface area contributed by atoms with Gasteiger partial charge in [-0.05, 0) is 36.1 Å². The van der Waals surface area contributed by atoms with Crippen LogP contribution in [0.15, 0.2) is 78.4 Å². The maximum Gasteiger partial charge on any atom is 0.317 e. The van der Waals surface area contributed by atoms with Crippen molar-refractivity contribution >= 4 is 17.8 Å². The van der Waals surface area contributed by atoms with Crippen LogP contribution in [0.4, 0.5) is 0 Å². The number of ether oxygens (including phenoxy) is 1. The summed E-state index contributed by atoms with van der Waals surface area (Å²) in [4.78, 5) is 25.1. The lowest BCUT2D eigenvalue weighted by Crippen LogP contribution is -2.34. The van der Waals surface area contributed by atoms with Crippen molar-refractivity contribution in [1.82, 2.24) is 0 Å². The summed E-state index contributed by atoms with van der Waals surface area (Å²) in [6.45, 7) is 2.03. The molecule has 0 aromatic heterocycles. The second-order valence-corrected chi connectivity index (χ2v) is 6.32. The van der Waals surface area contributed by atoms with Gasteiger partial charge in [-0.25, -0.2) is 0 Å². The lowest BCUT2D eigenvalue weighted by Gasteiger charge is -2.28. The molecule has 0 amide bonds. The second kappa shape index (κ2) is 8.43. The number of hydrogen-bond acceptors (Lipinski definition) is 3. The largest absolute Gasteiger partial charge is 0.465 e. The van der Waals surface area contributed by atoms with E-state index in [-0.39, 0.29) is 18.3 Å². The van der Waals surface area contributed by atoms with Crippen LogP contribution >= 0.6 is 0 Å². The number of allylic oxidation sites excluding steroid dienone is 3. The third-order valence-corrected chi connectivity index (χ3v) is 4.55. The van der Waals surface area contributed by atoms with Gasteiger partial charge in [-0.1, -0.05) is 72.8 Å². The van der Waals surface area contributed by atoms with E-state index in [0.29, 0.717) is 6.42 Å². The maximum absolute atomic E-state index is 12.7. The molecule has 26 heavy (non-hydrogen) atoms. The first kappa shape index (κ1) is 17.9. The van der Waals surface area contributed by atoms with Crippen LogP contribution in [-0.2, 0) is 14.3 Å². The summed E-state index contributed by atoms with van der Waals surface area (Å²) >= 11 is 0. The number of hydrogen-bond donors (Lipinski definition) is 0. The Morgan fingerprint density at radius 3 is 2.35 bits per heavy atom. The van der Waals surface area contributed by atoms with E-state index in [4.69, 9.17) is 4.74 Å². The van der Waals surface area contributed by atoms with E-state index in [1.165, 1.54) is 0 Å². The zero-order valence-corrected chi connectivity index (χ0v) is 14.8. The van der Waals surface area contributed by atoms with Crippen molar-refractivity contribution in [1.29, 1.82) is 0 Å². The van der Waals surface area contributed by atoms with Crippen LogP contribution in [0.3, 0.4) is 0 Å². The van der Waals surface area contributed by atoms with Gasteiger partial charge in [0.05, 0.1) is 6.61 Å². The van der Waals surface area contributed by atoms with Crippen molar-refractivity contribution in [3.63, 3.8) is 0 Å². The predicted octanol–water partition coefficient (Wildman–Crippen LogP) is 4.56. The highest BCUT2D eigenvalue weighted by Gasteiger charge is 2.38. The fourth-order valence-electron chi connectivity index (χ4n) is 3.31. The normalized spacial score (nSPS) is 20.0. The third-order valence-electron chi connectivity index (χ3n) is 4.55. The van der Waals surface area contributed by atoms with Gasteiger partial charge < -0.3 is 4.74 Å². The van der Waals surface area contributed by atoms with Crippen LogP contribution in [0.1, 0.15) is 30.4 Å². The average molecular weight is 346 g/mol. The first-order valence-electron chi connectivity index (χ1n) is 8.88. The highest BCUT2D eigenvalue weighted by molar-refractivity contribution is 6.07. The number of benzene rings is 2. The van der Waals surface area contributed by atoms with Gasteiger partial charge in [-0.15, -0.1) is 0 Å². The average Bonchev–Trinajstić information content (AvgIpc) is 2.67. The van der Waals surface area contributed by atoms with E-state index in [2.05, 4.69) is 0 Å². The molecular formula is C23H22O3. The van der Waals surface area contributed by atoms with Crippen LogP contribution in [0.5, 0.6) is 0 Å². The van der Waals surface area contributed by atoms with Gasteiger partial charge in [-0.2, -0.15) is 0 Å². The Kier molecular flexibility index (Phi) is 5.80. The minimum absolute atomic E-state index is 0.184. The Bertz CT molecular complexity index is 819. The Hall–Kier alpha value is -2.94. The highest BCUT2D eigenvalue weighted by atomic mass is 16.5. The van der Waals surface area contributed by atoms with Crippen molar-refractivity contribution < 1.29 is 14.3 Å². The van der Waals surface area contributed by atoms with E-state index in [9.17, 15) is 9.59 Å². The lowest BCUT2D eigenvalue weighted by atomic mass is 9.75. The van der Waals surface area contributed by atoms with Crippen molar-refractivity contribution in [3.8, 4) is 0 Å². The minimum atomic E-state index is -0.772. The van der Waals surface area contributed by atoms with E-state index < -0.39 is 11.9 Å². The monoisotopic (exact) mass is 346 g/mol. The molecule has 0 radical (unpaired) electrons. The quantitative estimate of drug-likeness (QED) is 0.589. The Labute approximate surface area is 154 Å². The number of esters is 1. The smallest absolute Gasteiger partial charge is 0.317 e. The minimum Gasteiger partial charge on any atom is -0.465 e. The lowest BCUT2D eigenvalue weighted by molar-refractivity contribution is -0.151. The molecule has 0 saturated carbocycles. The Morgan fingerprint density at radius 1 is 1.04 bits per heavy atom. The highest BCUT2D eigenvalue weighted by Crippen LogP contribution is 2.37. The number of ketones is 1. The van der Waals surface area contributed by atoms with Gasteiger partial charge >= 0.3 is 5.97 Å². The van der Waals surface area contributed by atoms with Gasteiger partial charge in [0.2, 0.25) is 0 Å². The van der Waals surface area contributed by atoms with E-state index in [1.807, 2.05) is 72.8 Å². The van der Waals surface area contributed by atoms with Gasteiger partial charge in [0, 0.05) is 5.92 Å². The molecule has 0 unspecified atom stereocenters. The van der Waals surface area contributed by atoms with Gasteiger partial charge in [0.15, 0.2) is 5.78 Å². The molecule has 0 N–H and O–H groups in total. The van der Waals surface area contributed by atoms with Crippen LogP contribution in [-0.4, -0.2) is 18.4 Å². The molecule has 0 fully saturated rings. The summed E-state index contributed by atoms with van der Waals surface area (Å²) in [5.74, 6) is -1.60. The van der Waals surface area contributed by atoms with Crippen LogP contribution in [0.25, 0.3) is 6.08 Å². The number of carbonyl (C=O) groups is 2. The second-order valence-electron chi connectivity index (χ2n) is 6.32. The molecule has 2 atom stereocenters. The molecule has 3 nitrogen and oxygen atoms in total. The fourth-order valence-corrected chi connectivity index (χ4v) is 3.31. The molecule has 2 aromatic carbocycles. The first-order valence-corrected chi connectivity index (χ1v) is 8.88. The molecule has 132 valence electrons. The summed E-state index contributed by atoms with van der Waals surface area (Å²) in [7, 11) is 0. The summed E-state index contributed by atoms with van der Waals surface area (Å²) in [6, 6.07) is 19.7. The van der Waals surface area contributed by atoms with Crippen LogP contribution < -0.4 is 0 Å². The van der Waals surface area contributed by atoms with Crippen molar-refractivity contribution in [2.45, 2.75) is 19.3 Å². The molecule has 3 rings (SSSR count). The summed E-state index contributed by atoms with van der Waals surface area (Å²) in [5, 5.41) is 0. The topological polar surface area (TPSA) is 43.4 Å². The van der Waals surface area contributed by atoms with E-state index >= 15 is 0 Å². The summed E-state index contributed by atoms with van der Waals surface area (Å²) < 4.78 is 5.16. The zero-order chi connectivity index (χ0) is 18.4. The van der Waals surface area contributed by atoms with Crippen molar-refractivity contribution in [2.75, 3.05) is 6.61 Å². The first-order chi connectivity index (χ1) is 12.7. The third kappa shape index (κ3) is 4.17. The van der Waals surface area contributed by atoms with Crippen LogP contribution in [0.2, 0.25) is 0 Å². The van der Waals surface area contributed by atoms with Gasteiger partial charge in [0.25, 0.3) is 0 Å². The number of carbonyl (C=O) groups excluding carboxylic acids is 2. The molecule has 0 spiro atoms. The van der Waals surface area contributed by atoms with E-state index in [0.717, 1.165) is 16.7 Å². The molecule has 2 aromatic rings. The Morgan fingerprint density at radius 2 is 1.69 bits per heavy atom. The molecule has 0 bridgehead atoms. The molecule has 1 aliphatic carbocycles. The molecule has 0 heterocycles. The molecule has 0 saturated heterocycles. The Balaban J connectivity index is 1.90. The summed E-state index contributed by atoms with van der Waals surface area (Å²) in [6.07, 6.45) is 6.17. The number of rotatable bonds is 5. The predicted molar refractivity (Wildman–Crippen MR) is 102 cm³/mol. The van der Waals surface area contributed by atoms with Crippen molar-refractivity contribution in [2.24, 2.45) is 5.92 Å². The molecule has 1 aliphatic rings. The van der Waals surface area contributed by atoms with Gasteiger partial charge in [-0.3, -0.25) is 9.59 Å². The van der Waals surface area contributed by atoms with Crippen molar-refractivity contribution in [3.05, 3.63) is 89.5 Å². The van der Waals surface area contributed by atoms with E-state index in [1.54, 1.807) is 13.0 Å². The SMILES string of the molecule is CCOC(=O)[C@H]1C(=O)C=C(/C=C/c2ccccc2)C[C@@H]1c1ccccc1. The molecular weight excluding hydrogens is 324 g/mol. The zero-order valence-electron chi connectivity index (χ0n) is 14.8. The molecule has 0 aliphatic heterocycles. The standard InChI is InChI=1S/C23H22O3/c1-2-26-23(25)22-20(19-11-7-4-8-12-19)15-18(16-21(22)24)14-13-17-9-5-3-6-10-17/h3-14,16,20,22H,2,15H2,1H3/b14-13+/t20-,22-/m1/s1. The molecule has 3 heteroatoms. The fraction of sp³-hybridized carbons (Fsp3) is 0.217. The maximum atomic E-state index is 12.7. The summed E-state index contributed by atoms with van der Waals surface area (Å²) in [5.41, 5.74) is 2.98. The van der Waals surface area contributed by atoms with Gasteiger partial charge in [0.1, 0.15) is 5.92 Å².